The van der Waals surface area contributed by atoms with Crippen LogP contribution in [0.15, 0.2) is 18.5 Å². The van der Waals surface area contributed by atoms with Crippen molar-refractivity contribution in [3.05, 3.63) is 23.6 Å². The maximum atomic E-state index is 11.1. The highest BCUT2D eigenvalue weighted by atomic mass is 35.5. The molecule has 0 bridgehead atoms. The van der Waals surface area contributed by atoms with Gasteiger partial charge in [-0.1, -0.05) is 18.2 Å². The summed E-state index contributed by atoms with van der Waals surface area (Å²) in [7, 11) is -4.47. The Balaban J connectivity index is 2.05. The van der Waals surface area contributed by atoms with Crippen molar-refractivity contribution >= 4 is 36.3 Å². The lowest BCUT2D eigenvalue weighted by molar-refractivity contribution is -0.0987. The number of aliphatic hydroxyl groups excluding tert-OH is 1. The number of rotatable bonds is 4. The van der Waals surface area contributed by atoms with Gasteiger partial charge in [0.15, 0.2) is 10.8 Å². The number of hydrogen-bond donors (Lipinski definition) is 5. The molecule has 2 aromatic heterocycles. The lowest BCUT2D eigenvalue weighted by Crippen LogP contribution is -2.44. The summed E-state index contributed by atoms with van der Waals surface area (Å²) in [6.07, 6.45) is -2.32. The van der Waals surface area contributed by atoms with Crippen molar-refractivity contribution in [1.82, 2.24) is 19.5 Å². The Hall–Kier alpha value is -1.59. The molecular formula is C13H17ClN5O6P. The Bertz CT molecular complexity index is 927. The second-order valence-corrected chi connectivity index (χ2v) is 8.17. The summed E-state index contributed by atoms with van der Waals surface area (Å²) in [4.78, 5) is 29.9. The fourth-order valence-electron chi connectivity index (χ4n) is 3.12. The van der Waals surface area contributed by atoms with Crippen LogP contribution >= 0.6 is 19.2 Å². The van der Waals surface area contributed by atoms with E-state index in [1.807, 2.05) is 0 Å². The molecule has 0 aromatic carbocycles. The third kappa shape index (κ3) is 3.12. The topological polar surface area (TPSA) is 177 Å². The van der Waals surface area contributed by atoms with E-state index in [0.717, 1.165) is 0 Å². The predicted octanol–water partition coefficient (Wildman–Crippen LogP) is -0.195. The number of fused-ring (bicyclic) bond motifs is 1. The number of hydrogen-bond acceptors (Lipinski definition) is 8. The standard InChI is InChI=1S/C13H17ClN5O6P/c1-5-7(25-4-26(22,23)24)9(20)13(2,21)8(5)19-3-16-6-10(14)17-12(15)18-11(6)19/h3,7-9,20-21H,1,4H2,2H3,(H2,15,17,18)(H2,22,23,24)/t7-,8+,9+,13-/m0/s1. The van der Waals surface area contributed by atoms with Crippen molar-refractivity contribution in [2.75, 3.05) is 12.1 Å². The number of halogens is 1. The molecule has 6 N–H and O–H groups in total. The van der Waals surface area contributed by atoms with Gasteiger partial charge in [0.2, 0.25) is 5.95 Å². The van der Waals surface area contributed by atoms with Gasteiger partial charge in [0.1, 0.15) is 29.7 Å². The molecule has 1 aliphatic carbocycles. The lowest BCUT2D eigenvalue weighted by atomic mass is 9.97. The van der Waals surface area contributed by atoms with Crippen molar-refractivity contribution in [2.45, 2.75) is 30.8 Å². The maximum Gasteiger partial charge on any atom is 0.351 e. The summed E-state index contributed by atoms with van der Waals surface area (Å²) in [5, 5.41) is 21.3. The molecule has 0 aliphatic heterocycles. The maximum absolute atomic E-state index is 11.1. The highest BCUT2D eigenvalue weighted by molar-refractivity contribution is 7.51. The molecule has 0 saturated heterocycles. The van der Waals surface area contributed by atoms with Crippen molar-refractivity contribution in [1.29, 1.82) is 0 Å². The first-order valence-corrected chi connectivity index (χ1v) is 9.52. The largest absolute Gasteiger partial charge is 0.387 e. The molecule has 142 valence electrons. The molecule has 0 unspecified atom stereocenters. The normalized spacial score (nSPS) is 29.6. The first-order valence-electron chi connectivity index (χ1n) is 7.34. The van der Waals surface area contributed by atoms with Gasteiger partial charge in [-0.25, -0.2) is 4.98 Å². The summed E-state index contributed by atoms with van der Waals surface area (Å²) in [6, 6.07) is -0.963. The average Bonchev–Trinajstić information content (AvgIpc) is 2.95. The molecule has 0 radical (unpaired) electrons. The Morgan fingerprint density at radius 2 is 2.15 bits per heavy atom. The van der Waals surface area contributed by atoms with E-state index in [4.69, 9.17) is 31.9 Å². The van der Waals surface area contributed by atoms with Crippen molar-refractivity contribution in [3.63, 3.8) is 0 Å². The van der Waals surface area contributed by atoms with Gasteiger partial charge in [-0.05, 0) is 12.5 Å². The minimum atomic E-state index is -4.47. The molecule has 1 saturated carbocycles. The van der Waals surface area contributed by atoms with Gasteiger partial charge in [0.25, 0.3) is 0 Å². The first-order chi connectivity index (χ1) is 11.9. The minimum Gasteiger partial charge on any atom is -0.387 e. The summed E-state index contributed by atoms with van der Waals surface area (Å²) in [5.74, 6) is -0.109. The molecule has 2 aromatic rings. The molecule has 3 rings (SSSR count). The van der Waals surface area contributed by atoms with Crippen LogP contribution in [0, 0.1) is 0 Å². The highest BCUT2D eigenvalue weighted by Gasteiger charge is 2.55. The van der Waals surface area contributed by atoms with E-state index < -0.39 is 37.8 Å². The second-order valence-electron chi connectivity index (χ2n) is 6.23. The Kier molecular flexibility index (Phi) is 4.60. The summed E-state index contributed by atoms with van der Waals surface area (Å²) < 4.78 is 17.6. The Morgan fingerprint density at radius 3 is 2.77 bits per heavy atom. The third-order valence-corrected chi connectivity index (χ3v) is 5.00. The lowest BCUT2D eigenvalue weighted by Gasteiger charge is -2.29. The van der Waals surface area contributed by atoms with Crippen LogP contribution in [0.3, 0.4) is 0 Å². The summed E-state index contributed by atoms with van der Waals surface area (Å²) in [6.45, 7) is 5.16. The molecule has 4 atom stereocenters. The van der Waals surface area contributed by atoms with Crippen molar-refractivity contribution in [3.8, 4) is 0 Å². The number of aromatic nitrogens is 4. The van der Waals surface area contributed by atoms with Gasteiger partial charge in [-0.3, -0.25) is 4.57 Å². The van der Waals surface area contributed by atoms with E-state index in [1.54, 1.807) is 0 Å². The van der Waals surface area contributed by atoms with Gasteiger partial charge in [0.05, 0.1) is 12.4 Å². The van der Waals surface area contributed by atoms with Crippen LogP contribution in [0.4, 0.5) is 5.95 Å². The van der Waals surface area contributed by atoms with Crippen LogP contribution in [0.1, 0.15) is 13.0 Å². The molecule has 11 nitrogen and oxygen atoms in total. The second kappa shape index (κ2) is 6.24. The van der Waals surface area contributed by atoms with Crippen molar-refractivity contribution in [2.24, 2.45) is 0 Å². The van der Waals surface area contributed by atoms with E-state index in [-0.39, 0.29) is 27.8 Å². The monoisotopic (exact) mass is 405 g/mol. The predicted molar refractivity (Wildman–Crippen MR) is 91.3 cm³/mol. The Labute approximate surface area is 152 Å². The van der Waals surface area contributed by atoms with E-state index in [9.17, 15) is 14.8 Å². The van der Waals surface area contributed by atoms with Crippen LogP contribution in [-0.2, 0) is 9.30 Å². The van der Waals surface area contributed by atoms with E-state index in [2.05, 4.69) is 21.5 Å². The minimum absolute atomic E-state index is 0.0179. The molecule has 13 heteroatoms. The highest BCUT2D eigenvalue weighted by Crippen LogP contribution is 2.47. The molecule has 2 heterocycles. The van der Waals surface area contributed by atoms with Gasteiger partial charge < -0.3 is 35.0 Å². The number of nitrogens with two attached hydrogens (primary N) is 1. The van der Waals surface area contributed by atoms with Gasteiger partial charge >= 0.3 is 7.60 Å². The van der Waals surface area contributed by atoms with Gasteiger partial charge in [-0.2, -0.15) is 9.97 Å². The Morgan fingerprint density at radius 1 is 1.50 bits per heavy atom. The smallest absolute Gasteiger partial charge is 0.351 e. The zero-order chi connectivity index (χ0) is 19.4. The van der Waals surface area contributed by atoms with Crippen molar-refractivity contribution < 1.29 is 29.3 Å². The fourth-order valence-corrected chi connectivity index (χ4v) is 3.70. The number of aliphatic hydroxyl groups is 2. The number of imidazole rings is 1. The number of anilines is 1. The molecule has 1 aliphatic rings. The number of ether oxygens (including phenoxy) is 1. The van der Waals surface area contributed by atoms with E-state index in [0.29, 0.717) is 0 Å². The fraction of sp³-hybridized carbons (Fsp3) is 0.462. The van der Waals surface area contributed by atoms with Crippen LogP contribution in [0.25, 0.3) is 11.2 Å². The summed E-state index contributed by atoms with van der Waals surface area (Å²) in [5.41, 5.74) is 4.44. The zero-order valence-electron chi connectivity index (χ0n) is 13.5. The quantitative estimate of drug-likeness (QED) is 0.260. The average molecular weight is 406 g/mol. The molecule has 26 heavy (non-hydrogen) atoms. The van der Waals surface area contributed by atoms with E-state index in [1.165, 1.54) is 17.8 Å². The summed E-state index contributed by atoms with van der Waals surface area (Å²) >= 11 is 5.99. The van der Waals surface area contributed by atoms with E-state index >= 15 is 0 Å². The molecule has 1 fully saturated rings. The van der Waals surface area contributed by atoms with Crippen LogP contribution in [-0.4, -0.2) is 63.7 Å². The van der Waals surface area contributed by atoms with Gasteiger partial charge in [0, 0.05) is 0 Å². The molecule has 0 amide bonds. The third-order valence-electron chi connectivity index (χ3n) is 4.25. The number of nitrogen functional groups attached to an aromatic ring is 1. The SMILES string of the molecule is C=C1[C@H](OCP(=O)(O)O)[C@@H](O)[C@@](C)(O)[C@@H]1n1cnc2c(Cl)nc(N)nc21. The molecule has 0 spiro atoms. The first kappa shape index (κ1) is 19.2. The molecular weight excluding hydrogens is 389 g/mol. The van der Waals surface area contributed by atoms with Gasteiger partial charge in [-0.15, -0.1) is 0 Å². The van der Waals surface area contributed by atoms with Crippen LogP contribution in [0.2, 0.25) is 5.15 Å². The van der Waals surface area contributed by atoms with Crippen LogP contribution in [0.5, 0.6) is 0 Å². The zero-order valence-corrected chi connectivity index (χ0v) is 15.2. The number of nitrogens with zero attached hydrogens (tertiary/aromatic N) is 4. The van der Waals surface area contributed by atoms with Crippen LogP contribution < -0.4 is 5.73 Å².